The lowest BCUT2D eigenvalue weighted by molar-refractivity contribution is 0.0117. The van der Waals surface area contributed by atoms with Gasteiger partial charge < -0.3 is 10.1 Å². The molecule has 0 amide bonds. The van der Waals surface area contributed by atoms with Gasteiger partial charge in [-0.2, -0.15) is 0 Å². The number of ether oxygens (including phenoxy) is 1. The molecule has 1 aliphatic rings. The summed E-state index contributed by atoms with van der Waals surface area (Å²) in [6.45, 7) is 2.76. The summed E-state index contributed by atoms with van der Waals surface area (Å²) < 4.78 is 5.95. The fourth-order valence-electron chi connectivity index (χ4n) is 2.43. The lowest BCUT2D eigenvalue weighted by Crippen LogP contribution is -2.32. The third kappa shape index (κ3) is 3.79. The van der Waals surface area contributed by atoms with Crippen molar-refractivity contribution in [1.82, 2.24) is 10.3 Å². The van der Waals surface area contributed by atoms with Crippen LogP contribution in [0.25, 0.3) is 0 Å². The van der Waals surface area contributed by atoms with Gasteiger partial charge in [-0.25, -0.2) is 0 Å². The summed E-state index contributed by atoms with van der Waals surface area (Å²) in [5, 5.41) is 3.34. The molecule has 3 heteroatoms. The second kappa shape index (κ2) is 6.12. The summed E-state index contributed by atoms with van der Waals surface area (Å²) in [5.41, 5.74) is 2.38. The molecule has 0 atom stereocenters. The normalized spacial score (nSPS) is 24.8. The first kappa shape index (κ1) is 12.5. The van der Waals surface area contributed by atoms with Gasteiger partial charge in [0.2, 0.25) is 0 Å². The van der Waals surface area contributed by atoms with Crippen molar-refractivity contribution in [1.29, 1.82) is 0 Å². The monoisotopic (exact) mass is 234 g/mol. The van der Waals surface area contributed by atoms with Gasteiger partial charge >= 0.3 is 0 Å². The van der Waals surface area contributed by atoms with Crippen LogP contribution in [0.4, 0.5) is 0 Å². The van der Waals surface area contributed by atoms with Gasteiger partial charge in [0.05, 0.1) is 12.7 Å². The highest BCUT2D eigenvalue weighted by Gasteiger charge is 2.20. The van der Waals surface area contributed by atoms with E-state index < -0.39 is 0 Å². The third-order valence-electron chi connectivity index (χ3n) is 3.50. The number of pyridine rings is 1. The quantitative estimate of drug-likeness (QED) is 0.869. The van der Waals surface area contributed by atoms with Gasteiger partial charge in [0.15, 0.2) is 0 Å². The molecule has 1 fully saturated rings. The highest BCUT2D eigenvalue weighted by atomic mass is 16.5. The van der Waals surface area contributed by atoms with Gasteiger partial charge in [-0.1, -0.05) is 6.07 Å². The first-order valence-electron chi connectivity index (χ1n) is 6.47. The Labute approximate surface area is 104 Å². The molecule has 1 aliphatic carbocycles. The summed E-state index contributed by atoms with van der Waals surface area (Å²) in [6.07, 6.45) is 9.00. The van der Waals surface area contributed by atoms with Gasteiger partial charge in [-0.05, 0) is 50.8 Å². The third-order valence-corrected chi connectivity index (χ3v) is 3.50. The Morgan fingerprint density at radius 3 is 2.71 bits per heavy atom. The Hall–Kier alpha value is -0.930. The first-order chi connectivity index (χ1) is 8.28. The van der Waals surface area contributed by atoms with Crippen molar-refractivity contribution in [3.63, 3.8) is 0 Å². The Morgan fingerprint density at radius 1 is 1.29 bits per heavy atom. The van der Waals surface area contributed by atoms with E-state index in [4.69, 9.17) is 4.74 Å². The number of hydrogen-bond donors (Lipinski definition) is 1. The molecule has 0 spiro atoms. The van der Waals surface area contributed by atoms with E-state index in [-0.39, 0.29) is 0 Å². The molecule has 0 aromatic carbocycles. The van der Waals surface area contributed by atoms with Crippen molar-refractivity contribution < 1.29 is 4.74 Å². The molecule has 0 unspecified atom stereocenters. The van der Waals surface area contributed by atoms with E-state index in [1.807, 2.05) is 19.4 Å². The number of aryl methyl sites for hydroxylation is 1. The lowest BCUT2D eigenvalue weighted by Gasteiger charge is -2.28. The van der Waals surface area contributed by atoms with Crippen LogP contribution in [0.5, 0.6) is 0 Å². The number of nitrogens with one attached hydrogen (secondary N) is 1. The number of aromatic nitrogens is 1. The molecule has 94 valence electrons. The standard InChI is InChI=1S/C14H22N2O/c1-11-7-12(9-16-8-11)10-17-14-5-3-13(15-2)4-6-14/h7-9,13-15H,3-6,10H2,1-2H3. The highest BCUT2D eigenvalue weighted by Crippen LogP contribution is 2.21. The largest absolute Gasteiger partial charge is 0.373 e. The van der Waals surface area contributed by atoms with Crippen molar-refractivity contribution in [2.45, 2.75) is 51.4 Å². The summed E-state index contributed by atoms with van der Waals surface area (Å²) in [7, 11) is 2.05. The van der Waals surface area contributed by atoms with Gasteiger partial charge in [-0.3, -0.25) is 4.98 Å². The summed E-state index contributed by atoms with van der Waals surface area (Å²) >= 11 is 0. The predicted octanol–water partition coefficient (Wildman–Crippen LogP) is 2.44. The van der Waals surface area contributed by atoms with Gasteiger partial charge in [0, 0.05) is 18.4 Å². The van der Waals surface area contributed by atoms with Crippen molar-refractivity contribution in [2.24, 2.45) is 0 Å². The molecule has 0 aliphatic heterocycles. The van der Waals surface area contributed by atoms with Gasteiger partial charge in [0.1, 0.15) is 0 Å². The molecule has 1 aromatic heterocycles. The molecule has 1 saturated carbocycles. The predicted molar refractivity (Wildman–Crippen MR) is 68.9 cm³/mol. The average molecular weight is 234 g/mol. The van der Waals surface area contributed by atoms with E-state index in [0.717, 1.165) is 0 Å². The Kier molecular flexibility index (Phi) is 4.51. The minimum absolute atomic E-state index is 0.431. The van der Waals surface area contributed by atoms with Crippen LogP contribution in [-0.2, 0) is 11.3 Å². The molecule has 0 saturated heterocycles. The maximum atomic E-state index is 5.95. The zero-order valence-electron chi connectivity index (χ0n) is 10.8. The van der Waals surface area contributed by atoms with E-state index >= 15 is 0 Å². The Balaban J connectivity index is 1.76. The summed E-state index contributed by atoms with van der Waals surface area (Å²) in [5.74, 6) is 0. The van der Waals surface area contributed by atoms with Crippen molar-refractivity contribution in [3.8, 4) is 0 Å². The van der Waals surface area contributed by atoms with E-state index in [9.17, 15) is 0 Å². The highest BCUT2D eigenvalue weighted by molar-refractivity contribution is 5.15. The molecule has 0 bridgehead atoms. The van der Waals surface area contributed by atoms with Crippen LogP contribution in [0, 0.1) is 6.92 Å². The second-order valence-electron chi connectivity index (χ2n) is 4.94. The maximum absolute atomic E-state index is 5.95. The van der Waals surface area contributed by atoms with Crippen LogP contribution in [-0.4, -0.2) is 24.2 Å². The minimum Gasteiger partial charge on any atom is -0.373 e. The summed E-state index contributed by atoms with van der Waals surface area (Å²) in [6, 6.07) is 2.84. The maximum Gasteiger partial charge on any atom is 0.0735 e. The molecule has 1 heterocycles. The van der Waals surface area contributed by atoms with E-state index in [2.05, 4.69) is 23.3 Å². The molecule has 17 heavy (non-hydrogen) atoms. The minimum atomic E-state index is 0.431. The molecule has 3 nitrogen and oxygen atoms in total. The fourth-order valence-corrected chi connectivity index (χ4v) is 2.43. The van der Waals surface area contributed by atoms with Crippen LogP contribution < -0.4 is 5.32 Å². The van der Waals surface area contributed by atoms with E-state index in [0.29, 0.717) is 18.8 Å². The molecular formula is C14H22N2O. The van der Waals surface area contributed by atoms with Crippen molar-refractivity contribution in [2.75, 3.05) is 7.05 Å². The second-order valence-corrected chi connectivity index (χ2v) is 4.94. The molecule has 1 N–H and O–H groups in total. The zero-order valence-corrected chi connectivity index (χ0v) is 10.8. The van der Waals surface area contributed by atoms with Crippen LogP contribution in [0.2, 0.25) is 0 Å². The van der Waals surface area contributed by atoms with Crippen LogP contribution >= 0.6 is 0 Å². The van der Waals surface area contributed by atoms with Gasteiger partial charge in [-0.15, -0.1) is 0 Å². The number of hydrogen-bond acceptors (Lipinski definition) is 3. The van der Waals surface area contributed by atoms with Crippen LogP contribution in [0.1, 0.15) is 36.8 Å². The molecule has 1 aromatic rings. The van der Waals surface area contributed by atoms with Crippen molar-refractivity contribution >= 4 is 0 Å². The summed E-state index contributed by atoms with van der Waals surface area (Å²) in [4.78, 5) is 4.18. The molecular weight excluding hydrogens is 212 g/mol. The smallest absolute Gasteiger partial charge is 0.0735 e. The fraction of sp³-hybridized carbons (Fsp3) is 0.643. The van der Waals surface area contributed by atoms with Crippen LogP contribution in [0.3, 0.4) is 0 Å². The Bertz CT molecular complexity index is 346. The van der Waals surface area contributed by atoms with Crippen LogP contribution in [0.15, 0.2) is 18.5 Å². The first-order valence-corrected chi connectivity index (χ1v) is 6.47. The van der Waals surface area contributed by atoms with Gasteiger partial charge in [0.25, 0.3) is 0 Å². The molecule has 2 rings (SSSR count). The average Bonchev–Trinajstić information content (AvgIpc) is 2.37. The van der Waals surface area contributed by atoms with E-state index in [1.54, 1.807) is 0 Å². The van der Waals surface area contributed by atoms with E-state index in [1.165, 1.54) is 36.8 Å². The number of rotatable bonds is 4. The SMILES string of the molecule is CNC1CCC(OCc2cncc(C)c2)CC1. The lowest BCUT2D eigenvalue weighted by atomic mass is 9.93. The zero-order chi connectivity index (χ0) is 12.1. The Morgan fingerprint density at radius 2 is 2.06 bits per heavy atom. The topological polar surface area (TPSA) is 34.1 Å². The van der Waals surface area contributed by atoms with Crippen molar-refractivity contribution in [3.05, 3.63) is 29.6 Å². The number of nitrogens with zero attached hydrogens (tertiary/aromatic N) is 1. The molecule has 0 radical (unpaired) electrons.